The quantitative estimate of drug-likeness (QED) is 0.744. The van der Waals surface area contributed by atoms with Crippen LogP contribution in [0.4, 0.5) is 4.79 Å². The molecule has 1 amide bonds. The molecule has 0 saturated carbocycles. The van der Waals surface area contributed by atoms with Crippen LogP contribution in [0.25, 0.3) is 0 Å². The summed E-state index contributed by atoms with van der Waals surface area (Å²) in [5, 5.41) is 0. The lowest BCUT2D eigenvalue weighted by Crippen LogP contribution is -2.42. The summed E-state index contributed by atoms with van der Waals surface area (Å²) in [7, 11) is 0. The van der Waals surface area contributed by atoms with E-state index in [4.69, 9.17) is 14.2 Å². The molecule has 3 atom stereocenters. The van der Waals surface area contributed by atoms with Crippen molar-refractivity contribution in [3.8, 4) is 17.5 Å². The Morgan fingerprint density at radius 2 is 1.90 bits per heavy atom. The number of ether oxygens (including phenoxy) is 3. The van der Waals surface area contributed by atoms with Crippen molar-refractivity contribution in [3.05, 3.63) is 35.9 Å². The SMILES string of the molecule is Cc1ncccc1Oc1ncnc(OC2CC3CCC2N3C(=O)OC(C)(C)C)c1C. The van der Waals surface area contributed by atoms with Crippen LogP contribution in [0.15, 0.2) is 24.7 Å². The van der Waals surface area contributed by atoms with Crippen LogP contribution < -0.4 is 9.47 Å². The predicted octanol–water partition coefficient (Wildman–Crippen LogP) is 4.20. The Morgan fingerprint density at radius 1 is 1.13 bits per heavy atom. The fourth-order valence-corrected chi connectivity index (χ4v) is 4.13. The molecular formula is C22H28N4O4. The van der Waals surface area contributed by atoms with E-state index in [1.807, 2.05) is 51.7 Å². The molecule has 2 fully saturated rings. The molecule has 8 nitrogen and oxygen atoms in total. The minimum atomic E-state index is -0.518. The van der Waals surface area contributed by atoms with Crippen LogP contribution >= 0.6 is 0 Å². The number of hydrogen-bond donors (Lipinski definition) is 0. The molecule has 2 bridgehead atoms. The Morgan fingerprint density at radius 3 is 2.63 bits per heavy atom. The van der Waals surface area contributed by atoms with Crippen LogP contribution in [0.3, 0.4) is 0 Å². The first kappa shape index (κ1) is 20.4. The number of carbonyl (C=O) groups is 1. The van der Waals surface area contributed by atoms with E-state index < -0.39 is 5.60 Å². The highest BCUT2D eigenvalue weighted by molar-refractivity contribution is 5.70. The topological polar surface area (TPSA) is 86.7 Å². The first-order valence-electron chi connectivity index (χ1n) is 10.3. The van der Waals surface area contributed by atoms with Crippen LogP contribution in [-0.2, 0) is 4.74 Å². The molecule has 160 valence electrons. The van der Waals surface area contributed by atoms with Gasteiger partial charge in [-0.05, 0) is 59.6 Å². The second kappa shape index (κ2) is 7.74. The zero-order valence-electron chi connectivity index (χ0n) is 18.1. The van der Waals surface area contributed by atoms with Gasteiger partial charge in [-0.25, -0.2) is 14.8 Å². The number of aromatic nitrogens is 3. The van der Waals surface area contributed by atoms with Crippen molar-refractivity contribution in [1.29, 1.82) is 0 Å². The normalized spacial score (nSPS) is 22.8. The van der Waals surface area contributed by atoms with Gasteiger partial charge in [-0.15, -0.1) is 0 Å². The van der Waals surface area contributed by atoms with Gasteiger partial charge in [-0.2, -0.15) is 0 Å². The van der Waals surface area contributed by atoms with Crippen LogP contribution in [0, 0.1) is 13.8 Å². The van der Waals surface area contributed by atoms with Gasteiger partial charge in [0.15, 0.2) is 5.75 Å². The monoisotopic (exact) mass is 412 g/mol. The number of pyridine rings is 1. The number of amides is 1. The molecule has 2 aliphatic rings. The summed E-state index contributed by atoms with van der Waals surface area (Å²) < 4.78 is 17.8. The number of nitrogens with zero attached hydrogens (tertiary/aromatic N) is 4. The van der Waals surface area contributed by atoms with E-state index in [0.29, 0.717) is 23.1 Å². The Kier molecular flexibility index (Phi) is 5.26. The Balaban J connectivity index is 1.49. The van der Waals surface area contributed by atoms with Gasteiger partial charge in [-0.3, -0.25) is 9.88 Å². The second-order valence-electron chi connectivity index (χ2n) is 8.88. The average Bonchev–Trinajstić information content (AvgIpc) is 3.23. The minimum absolute atomic E-state index is 0.0100. The van der Waals surface area contributed by atoms with Gasteiger partial charge in [0.25, 0.3) is 0 Å². The summed E-state index contributed by atoms with van der Waals surface area (Å²) in [5.41, 5.74) is 0.974. The molecule has 0 N–H and O–H groups in total. The van der Waals surface area contributed by atoms with Crippen molar-refractivity contribution in [2.24, 2.45) is 0 Å². The Bertz CT molecular complexity index is 943. The molecule has 2 saturated heterocycles. The van der Waals surface area contributed by atoms with E-state index >= 15 is 0 Å². The molecule has 0 radical (unpaired) electrons. The minimum Gasteiger partial charge on any atom is -0.472 e. The third-order valence-corrected chi connectivity index (χ3v) is 5.50. The molecule has 2 aliphatic heterocycles. The predicted molar refractivity (Wildman–Crippen MR) is 110 cm³/mol. The molecule has 8 heteroatoms. The first-order valence-corrected chi connectivity index (χ1v) is 10.3. The van der Waals surface area contributed by atoms with Crippen LogP contribution in [0.1, 0.15) is 51.3 Å². The highest BCUT2D eigenvalue weighted by atomic mass is 16.6. The number of hydrogen-bond acceptors (Lipinski definition) is 7. The molecule has 3 unspecified atom stereocenters. The molecule has 0 spiro atoms. The first-order chi connectivity index (χ1) is 14.2. The zero-order chi connectivity index (χ0) is 21.5. The molecule has 4 heterocycles. The molecular weight excluding hydrogens is 384 g/mol. The Labute approximate surface area is 176 Å². The molecule has 2 aromatic heterocycles. The van der Waals surface area contributed by atoms with E-state index in [1.54, 1.807) is 6.20 Å². The van der Waals surface area contributed by atoms with Gasteiger partial charge >= 0.3 is 6.09 Å². The third-order valence-electron chi connectivity index (χ3n) is 5.50. The fourth-order valence-electron chi connectivity index (χ4n) is 4.13. The summed E-state index contributed by atoms with van der Waals surface area (Å²) in [5.74, 6) is 1.55. The largest absolute Gasteiger partial charge is 0.472 e. The lowest BCUT2D eigenvalue weighted by atomic mass is 9.98. The maximum absolute atomic E-state index is 12.7. The van der Waals surface area contributed by atoms with Crippen LogP contribution in [0.5, 0.6) is 17.5 Å². The highest BCUT2D eigenvalue weighted by Gasteiger charge is 2.51. The maximum Gasteiger partial charge on any atom is 0.410 e. The molecule has 0 aliphatic carbocycles. The van der Waals surface area contributed by atoms with E-state index in [0.717, 1.165) is 25.0 Å². The summed E-state index contributed by atoms with van der Waals surface area (Å²) in [6, 6.07) is 3.80. The smallest absolute Gasteiger partial charge is 0.410 e. The average molecular weight is 412 g/mol. The summed E-state index contributed by atoms with van der Waals surface area (Å²) in [6.45, 7) is 9.39. The number of rotatable bonds is 4. The van der Waals surface area contributed by atoms with Gasteiger partial charge in [0.05, 0.1) is 17.3 Å². The molecule has 2 aromatic rings. The number of fused-ring (bicyclic) bond motifs is 2. The van der Waals surface area contributed by atoms with Gasteiger partial charge in [0.1, 0.15) is 18.0 Å². The van der Waals surface area contributed by atoms with Crippen molar-refractivity contribution < 1.29 is 19.0 Å². The van der Waals surface area contributed by atoms with Gasteiger partial charge in [-0.1, -0.05) is 0 Å². The summed E-state index contributed by atoms with van der Waals surface area (Å²) in [6.07, 6.45) is 5.40. The van der Waals surface area contributed by atoms with Gasteiger partial charge in [0.2, 0.25) is 11.8 Å². The van der Waals surface area contributed by atoms with Gasteiger partial charge < -0.3 is 14.2 Å². The van der Waals surface area contributed by atoms with Crippen LogP contribution in [0.2, 0.25) is 0 Å². The van der Waals surface area contributed by atoms with Crippen LogP contribution in [-0.4, -0.2) is 49.7 Å². The fraction of sp³-hybridized carbons (Fsp3) is 0.545. The van der Waals surface area contributed by atoms with E-state index in [-0.39, 0.29) is 24.3 Å². The van der Waals surface area contributed by atoms with Crippen molar-refractivity contribution >= 4 is 6.09 Å². The lowest BCUT2D eigenvalue weighted by molar-refractivity contribution is 0.0180. The lowest BCUT2D eigenvalue weighted by Gasteiger charge is -2.28. The highest BCUT2D eigenvalue weighted by Crippen LogP contribution is 2.41. The zero-order valence-corrected chi connectivity index (χ0v) is 18.1. The molecule has 4 rings (SSSR count). The van der Waals surface area contributed by atoms with Crippen molar-refractivity contribution in [2.45, 2.75) is 77.7 Å². The third kappa shape index (κ3) is 4.04. The number of carbonyl (C=O) groups excluding carboxylic acids is 1. The molecule has 0 aromatic carbocycles. The van der Waals surface area contributed by atoms with Crippen molar-refractivity contribution in [2.75, 3.05) is 0 Å². The van der Waals surface area contributed by atoms with E-state index in [1.165, 1.54) is 6.33 Å². The van der Waals surface area contributed by atoms with Crippen molar-refractivity contribution in [3.63, 3.8) is 0 Å². The second-order valence-corrected chi connectivity index (χ2v) is 8.88. The molecule has 30 heavy (non-hydrogen) atoms. The standard InChI is InChI=1S/C22H28N4O4/c1-13-19(28-17-7-6-10-23-14(17)2)24-12-25-20(13)29-18-11-15-8-9-16(18)26(15)21(27)30-22(3,4)5/h6-7,10,12,15-16,18H,8-9,11H2,1-5H3. The Hall–Kier alpha value is -2.90. The van der Waals surface area contributed by atoms with E-state index in [2.05, 4.69) is 15.0 Å². The summed E-state index contributed by atoms with van der Waals surface area (Å²) >= 11 is 0. The number of aryl methyl sites for hydroxylation is 1. The van der Waals surface area contributed by atoms with Gasteiger partial charge in [0, 0.05) is 18.7 Å². The maximum atomic E-state index is 12.7. The van der Waals surface area contributed by atoms with Crippen molar-refractivity contribution in [1.82, 2.24) is 19.9 Å². The summed E-state index contributed by atoms with van der Waals surface area (Å²) in [4.78, 5) is 27.3. The van der Waals surface area contributed by atoms with E-state index in [9.17, 15) is 4.79 Å².